The standard InChI is InChI=1S/C34H48NSi/c1-23-14-12-13-15-28(23)30-18-29(31(21-35(30)8)36(9,10)11)32-24(2)16-26(17-25(32)3)27-19-33(4,5)22-34(6,7)20-27/h12-18,21,27H,19-20,22H2,1-11H3/q+1/i2D3,3D3,27D. The molecule has 0 aliphatic heterocycles. The summed E-state index contributed by atoms with van der Waals surface area (Å²) in [5.74, 6) is -1.11. The lowest BCUT2D eigenvalue weighted by atomic mass is 9.60. The summed E-state index contributed by atoms with van der Waals surface area (Å²) in [5, 5.41) is 0.997. The number of hydrogen-bond acceptors (Lipinski definition) is 0. The van der Waals surface area contributed by atoms with Crippen molar-refractivity contribution in [1.29, 1.82) is 0 Å². The molecule has 0 N–H and O–H groups in total. The first-order valence-corrected chi connectivity index (χ1v) is 16.6. The van der Waals surface area contributed by atoms with E-state index < -0.39 is 27.7 Å². The van der Waals surface area contributed by atoms with Crippen molar-refractivity contribution < 1.29 is 14.2 Å². The van der Waals surface area contributed by atoms with E-state index in [2.05, 4.69) is 58.1 Å². The van der Waals surface area contributed by atoms with Gasteiger partial charge in [-0.1, -0.05) is 77.7 Å². The van der Waals surface area contributed by atoms with Crippen molar-refractivity contribution in [1.82, 2.24) is 0 Å². The third-order valence-electron chi connectivity index (χ3n) is 7.66. The number of aromatic nitrogens is 1. The lowest BCUT2D eigenvalue weighted by Crippen LogP contribution is -2.46. The third-order valence-corrected chi connectivity index (χ3v) is 9.67. The monoisotopic (exact) mass is 505 g/mol. The van der Waals surface area contributed by atoms with Gasteiger partial charge >= 0.3 is 0 Å². The highest BCUT2D eigenvalue weighted by molar-refractivity contribution is 6.89. The molecule has 3 aromatic rings. The van der Waals surface area contributed by atoms with Crippen molar-refractivity contribution in [3.8, 4) is 22.4 Å². The van der Waals surface area contributed by atoms with E-state index in [9.17, 15) is 1.37 Å². The Bertz CT molecular complexity index is 1490. The van der Waals surface area contributed by atoms with Crippen molar-refractivity contribution in [3.63, 3.8) is 0 Å². The van der Waals surface area contributed by atoms with Gasteiger partial charge in [0.05, 0.1) is 8.07 Å². The molecule has 0 radical (unpaired) electrons. The molecule has 1 aliphatic rings. The van der Waals surface area contributed by atoms with Crippen LogP contribution in [0.3, 0.4) is 0 Å². The molecule has 36 heavy (non-hydrogen) atoms. The summed E-state index contributed by atoms with van der Waals surface area (Å²) in [6.07, 6.45) is 4.08. The third kappa shape index (κ3) is 5.39. The molecule has 1 fully saturated rings. The molecule has 0 amide bonds. The van der Waals surface area contributed by atoms with E-state index in [1.54, 1.807) is 12.1 Å². The second-order valence-electron chi connectivity index (χ2n) is 13.6. The Kier molecular flexibility index (Phi) is 4.89. The summed E-state index contributed by atoms with van der Waals surface area (Å²) in [7, 11) is -0.127. The van der Waals surface area contributed by atoms with Gasteiger partial charge in [0.25, 0.3) is 0 Å². The normalized spacial score (nSPS) is 22.3. The molecule has 0 unspecified atom stereocenters. The zero-order chi connectivity index (χ0) is 32.6. The van der Waals surface area contributed by atoms with Gasteiger partial charge in [0.1, 0.15) is 7.05 Å². The van der Waals surface area contributed by atoms with E-state index in [1.165, 1.54) is 0 Å². The number of nitrogens with zero attached hydrogens (tertiary/aromatic N) is 1. The number of aryl methyl sites for hydroxylation is 4. The average Bonchev–Trinajstić information content (AvgIpc) is 2.79. The molecule has 0 spiro atoms. The molecule has 192 valence electrons. The van der Waals surface area contributed by atoms with E-state index in [0.29, 0.717) is 24.0 Å². The highest BCUT2D eigenvalue weighted by Crippen LogP contribution is 2.52. The number of pyridine rings is 1. The smallest absolute Gasteiger partial charge is 0.201 e. The first-order chi connectivity index (χ1) is 19.3. The van der Waals surface area contributed by atoms with E-state index >= 15 is 0 Å². The minimum absolute atomic E-state index is 0.0213. The molecule has 0 bridgehead atoms. The Labute approximate surface area is 231 Å². The molecule has 1 heterocycles. The maximum absolute atomic E-state index is 9.73. The van der Waals surface area contributed by atoms with Crippen LogP contribution < -0.4 is 9.75 Å². The SMILES string of the molecule is [2H]C([2H])([2H])c1cc(C2([2H])CC(C)(C)CC(C)(C)C2)cc(C([2H])([2H])[2H])c1-c1cc(-c2ccccc2C)[n+](C)cc1[Si](C)(C)C. The quantitative estimate of drug-likeness (QED) is 0.247. The Morgan fingerprint density at radius 2 is 1.47 bits per heavy atom. The van der Waals surface area contributed by atoms with E-state index in [1.807, 2.05) is 44.3 Å². The van der Waals surface area contributed by atoms with Crippen molar-refractivity contribution in [3.05, 3.63) is 70.9 Å². The van der Waals surface area contributed by atoms with Crippen molar-refractivity contribution in [2.75, 3.05) is 0 Å². The zero-order valence-corrected chi connectivity index (χ0v) is 24.7. The van der Waals surface area contributed by atoms with Crippen LogP contribution >= 0.6 is 0 Å². The van der Waals surface area contributed by atoms with Crippen molar-refractivity contribution >= 4 is 13.3 Å². The Morgan fingerprint density at radius 1 is 0.889 bits per heavy atom. The van der Waals surface area contributed by atoms with E-state index in [4.69, 9.17) is 8.22 Å². The van der Waals surface area contributed by atoms with Crippen LogP contribution in [0.15, 0.2) is 48.7 Å². The summed E-state index contributed by atoms with van der Waals surface area (Å²) in [5.41, 5.74) is 4.15. The minimum Gasteiger partial charge on any atom is -0.201 e. The van der Waals surface area contributed by atoms with Crippen LogP contribution in [0, 0.1) is 31.5 Å². The molecular formula is C34H48NSi+. The van der Waals surface area contributed by atoms with Gasteiger partial charge in [-0.05, 0) is 96.1 Å². The average molecular weight is 506 g/mol. The largest absolute Gasteiger partial charge is 0.213 e. The van der Waals surface area contributed by atoms with Crippen LogP contribution in [0.2, 0.25) is 19.6 Å². The molecule has 1 aromatic heterocycles. The van der Waals surface area contributed by atoms with E-state index in [-0.39, 0.29) is 27.5 Å². The molecule has 2 heteroatoms. The lowest BCUT2D eigenvalue weighted by molar-refractivity contribution is -0.659. The Balaban J connectivity index is 2.16. The van der Waals surface area contributed by atoms with Crippen LogP contribution in [-0.2, 0) is 7.05 Å². The van der Waals surface area contributed by atoms with Crippen molar-refractivity contribution in [2.24, 2.45) is 17.9 Å². The minimum atomic E-state index is -2.58. The fraction of sp³-hybridized carbons (Fsp3) is 0.500. The summed E-state index contributed by atoms with van der Waals surface area (Å²) in [4.78, 5) is 0. The summed E-state index contributed by atoms with van der Waals surface area (Å²) >= 11 is 0. The van der Waals surface area contributed by atoms with Crippen molar-refractivity contribution in [2.45, 2.75) is 93.1 Å². The van der Waals surface area contributed by atoms with Gasteiger partial charge in [-0.15, -0.1) is 0 Å². The molecule has 0 atom stereocenters. The topological polar surface area (TPSA) is 3.88 Å². The Hall–Kier alpha value is -2.19. The molecule has 1 nitrogen and oxygen atoms in total. The lowest BCUT2D eigenvalue weighted by Gasteiger charge is -2.45. The zero-order valence-electron chi connectivity index (χ0n) is 30.7. The first-order valence-electron chi connectivity index (χ1n) is 16.6. The van der Waals surface area contributed by atoms with Gasteiger partial charge in [-0.25, -0.2) is 4.57 Å². The highest BCUT2D eigenvalue weighted by Gasteiger charge is 2.39. The van der Waals surface area contributed by atoms with Gasteiger partial charge in [-0.2, -0.15) is 0 Å². The van der Waals surface area contributed by atoms with Gasteiger partial charge in [0.15, 0.2) is 6.20 Å². The van der Waals surface area contributed by atoms with Gasteiger partial charge in [-0.3, -0.25) is 0 Å². The van der Waals surface area contributed by atoms with Gasteiger partial charge < -0.3 is 0 Å². The fourth-order valence-corrected chi connectivity index (χ4v) is 8.15. The summed E-state index contributed by atoms with van der Waals surface area (Å²) in [6, 6.07) is 13.3. The maximum atomic E-state index is 9.73. The molecule has 4 rings (SSSR count). The Morgan fingerprint density at radius 3 is 2.00 bits per heavy atom. The van der Waals surface area contributed by atoms with Crippen LogP contribution in [0.25, 0.3) is 22.4 Å². The second-order valence-corrected chi connectivity index (χ2v) is 18.6. The molecule has 1 aliphatic carbocycles. The summed E-state index contributed by atoms with van der Waals surface area (Å²) in [6.45, 7) is 12.1. The summed E-state index contributed by atoms with van der Waals surface area (Å²) < 4.78 is 64.1. The van der Waals surface area contributed by atoms with Gasteiger partial charge in [0.2, 0.25) is 5.69 Å². The fourth-order valence-electron chi connectivity index (χ4n) is 6.56. The van der Waals surface area contributed by atoms with Crippen LogP contribution in [0.5, 0.6) is 0 Å². The molecule has 0 saturated heterocycles. The maximum Gasteiger partial charge on any atom is 0.213 e. The molecule has 2 aromatic carbocycles. The highest BCUT2D eigenvalue weighted by atomic mass is 28.3. The second kappa shape index (κ2) is 9.28. The number of hydrogen-bond donors (Lipinski definition) is 0. The van der Waals surface area contributed by atoms with Crippen LogP contribution in [-0.4, -0.2) is 8.07 Å². The van der Waals surface area contributed by atoms with Gasteiger partial charge in [0, 0.05) is 26.4 Å². The van der Waals surface area contributed by atoms with E-state index in [0.717, 1.165) is 28.4 Å². The van der Waals surface area contributed by atoms with Crippen LogP contribution in [0.4, 0.5) is 0 Å². The molecular weight excluding hydrogens is 450 g/mol. The predicted molar refractivity (Wildman–Crippen MR) is 160 cm³/mol. The molecule has 1 saturated carbocycles. The number of rotatable bonds is 4. The first kappa shape index (κ1) is 19.0. The number of benzene rings is 2. The van der Waals surface area contributed by atoms with Crippen LogP contribution in [0.1, 0.15) is 84.7 Å². The predicted octanol–water partition coefficient (Wildman–Crippen LogP) is 8.64.